The van der Waals surface area contributed by atoms with Crippen LogP contribution in [0, 0.1) is 12.7 Å². The van der Waals surface area contributed by atoms with E-state index in [9.17, 15) is 4.39 Å². The molecule has 1 atom stereocenters. The Kier molecular flexibility index (Phi) is 3.58. The lowest BCUT2D eigenvalue weighted by Crippen LogP contribution is -2.08. The van der Waals surface area contributed by atoms with Crippen molar-refractivity contribution in [2.24, 2.45) is 0 Å². The molecule has 1 aliphatic carbocycles. The van der Waals surface area contributed by atoms with Crippen LogP contribution in [0.2, 0.25) is 4.34 Å². The summed E-state index contributed by atoms with van der Waals surface area (Å²) in [7, 11) is 0. The third-order valence-electron chi connectivity index (χ3n) is 3.44. The smallest absolute Gasteiger partial charge is 0.139 e. The van der Waals surface area contributed by atoms with Crippen molar-refractivity contribution in [2.75, 3.05) is 5.32 Å². The number of benzene rings is 1. The number of fused-ring (bicyclic) bond motifs is 1. The number of halogens is 3. The highest BCUT2D eigenvalue weighted by Gasteiger charge is 2.25. The van der Waals surface area contributed by atoms with Gasteiger partial charge in [0.2, 0.25) is 0 Å². The molecule has 19 heavy (non-hydrogen) atoms. The number of anilines is 1. The lowest BCUT2D eigenvalue weighted by atomic mass is 10.1. The summed E-state index contributed by atoms with van der Waals surface area (Å²) in [6, 6.07) is 5.61. The van der Waals surface area contributed by atoms with Gasteiger partial charge in [-0.3, -0.25) is 0 Å². The average molecular weight is 361 g/mol. The molecule has 1 unspecified atom stereocenters. The summed E-state index contributed by atoms with van der Waals surface area (Å²) < 4.78 is 15.0. The summed E-state index contributed by atoms with van der Waals surface area (Å²) in [5.74, 6) is -0.241. The van der Waals surface area contributed by atoms with Crippen LogP contribution < -0.4 is 5.32 Å². The van der Waals surface area contributed by atoms with Crippen LogP contribution in [-0.2, 0) is 6.42 Å². The molecule has 1 aromatic heterocycles. The van der Waals surface area contributed by atoms with Crippen LogP contribution in [0.5, 0.6) is 0 Å². The molecule has 0 bridgehead atoms. The van der Waals surface area contributed by atoms with Crippen LogP contribution in [0.25, 0.3) is 0 Å². The predicted molar refractivity (Wildman–Crippen MR) is 82.9 cm³/mol. The number of aryl methyl sites for hydroxylation is 2. The highest BCUT2D eigenvalue weighted by Crippen LogP contribution is 2.41. The average Bonchev–Trinajstić information content (AvgIpc) is 2.87. The molecule has 1 aliphatic rings. The Morgan fingerprint density at radius 1 is 1.42 bits per heavy atom. The number of thiophene rings is 1. The summed E-state index contributed by atoms with van der Waals surface area (Å²) in [6.45, 7) is 1.98. The van der Waals surface area contributed by atoms with E-state index in [1.54, 1.807) is 23.5 Å². The molecule has 0 amide bonds. The van der Waals surface area contributed by atoms with Gasteiger partial charge >= 0.3 is 0 Å². The molecule has 0 fully saturated rings. The number of hydrogen-bond donors (Lipinski definition) is 1. The first-order valence-corrected chi connectivity index (χ1v) is 8.03. The van der Waals surface area contributed by atoms with Crippen molar-refractivity contribution < 1.29 is 4.39 Å². The van der Waals surface area contributed by atoms with Gasteiger partial charge < -0.3 is 5.32 Å². The Morgan fingerprint density at radius 2 is 2.21 bits per heavy atom. The first-order chi connectivity index (χ1) is 9.04. The molecule has 0 radical (unpaired) electrons. The monoisotopic (exact) mass is 359 g/mol. The van der Waals surface area contributed by atoms with Crippen LogP contribution in [0.4, 0.5) is 10.1 Å². The maximum atomic E-state index is 13.6. The van der Waals surface area contributed by atoms with Gasteiger partial charge in [0.1, 0.15) is 5.82 Å². The van der Waals surface area contributed by atoms with Crippen molar-refractivity contribution >= 4 is 44.6 Å². The second-order valence-electron chi connectivity index (χ2n) is 4.75. The SMILES string of the molecule is Cc1cc(Br)c(F)cc1NC1CCc2sc(Cl)cc21. The Bertz CT molecular complexity index is 641. The molecule has 3 rings (SSSR count). The van der Waals surface area contributed by atoms with E-state index >= 15 is 0 Å². The van der Waals surface area contributed by atoms with Crippen LogP contribution in [0.15, 0.2) is 22.7 Å². The van der Waals surface area contributed by atoms with E-state index in [4.69, 9.17) is 11.6 Å². The van der Waals surface area contributed by atoms with Gasteiger partial charge in [0.05, 0.1) is 14.9 Å². The zero-order valence-electron chi connectivity index (χ0n) is 10.3. The second-order valence-corrected chi connectivity index (χ2v) is 7.37. The van der Waals surface area contributed by atoms with Gasteiger partial charge in [-0.15, -0.1) is 11.3 Å². The van der Waals surface area contributed by atoms with E-state index in [-0.39, 0.29) is 11.9 Å². The maximum Gasteiger partial charge on any atom is 0.139 e. The summed E-state index contributed by atoms with van der Waals surface area (Å²) >= 11 is 10.9. The van der Waals surface area contributed by atoms with E-state index in [0.29, 0.717) is 4.47 Å². The normalized spacial score (nSPS) is 17.6. The zero-order valence-corrected chi connectivity index (χ0v) is 13.4. The van der Waals surface area contributed by atoms with Crippen LogP contribution in [0.3, 0.4) is 0 Å². The van der Waals surface area contributed by atoms with Gasteiger partial charge in [0.25, 0.3) is 0 Å². The molecule has 0 aliphatic heterocycles. The van der Waals surface area contributed by atoms with Gasteiger partial charge in [-0.05, 0) is 65.0 Å². The maximum absolute atomic E-state index is 13.6. The summed E-state index contributed by atoms with van der Waals surface area (Å²) in [5.41, 5.74) is 3.14. The Morgan fingerprint density at radius 3 is 3.00 bits per heavy atom. The molecule has 0 saturated heterocycles. The fourth-order valence-corrected chi connectivity index (χ4v) is 4.28. The molecule has 100 valence electrons. The molecule has 2 aromatic rings. The van der Waals surface area contributed by atoms with Gasteiger partial charge in [-0.1, -0.05) is 11.6 Å². The highest BCUT2D eigenvalue weighted by atomic mass is 79.9. The molecular formula is C14H12BrClFNS. The highest BCUT2D eigenvalue weighted by molar-refractivity contribution is 9.10. The fraction of sp³-hybridized carbons (Fsp3) is 0.286. The first kappa shape index (κ1) is 13.4. The summed E-state index contributed by atoms with van der Waals surface area (Å²) in [6.07, 6.45) is 2.08. The topological polar surface area (TPSA) is 12.0 Å². The third kappa shape index (κ3) is 2.54. The molecule has 1 aromatic carbocycles. The van der Waals surface area contributed by atoms with E-state index in [0.717, 1.165) is 28.4 Å². The molecule has 1 nitrogen and oxygen atoms in total. The predicted octanol–water partition coefficient (Wildman–Crippen LogP) is 5.71. The minimum absolute atomic E-state index is 0.234. The minimum atomic E-state index is -0.241. The zero-order chi connectivity index (χ0) is 13.6. The second kappa shape index (κ2) is 5.08. The van der Waals surface area contributed by atoms with Crippen molar-refractivity contribution in [3.8, 4) is 0 Å². The molecule has 0 spiro atoms. The first-order valence-electron chi connectivity index (χ1n) is 6.05. The summed E-state index contributed by atoms with van der Waals surface area (Å²) in [5, 5.41) is 3.43. The number of hydrogen-bond acceptors (Lipinski definition) is 2. The van der Waals surface area contributed by atoms with Crippen molar-refractivity contribution in [2.45, 2.75) is 25.8 Å². The Balaban J connectivity index is 1.89. The molecule has 0 saturated carbocycles. The summed E-state index contributed by atoms with van der Waals surface area (Å²) in [4.78, 5) is 1.35. The quantitative estimate of drug-likeness (QED) is 0.723. The molecule has 5 heteroatoms. The third-order valence-corrected chi connectivity index (χ3v) is 5.39. The van der Waals surface area contributed by atoms with Crippen LogP contribution in [-0.4, -0.2) is 0 Å². The van der Waals surface area contributed by atoms with Crippen molar-refractivity contribution in [1.29, 1.82) is 0 Å². The van der Waals surface area contributed by atoms with Crippen molar-refractivity contribution in [3.05, 3.63) is 48.8 Å². The Labute approximate surface area is 128 Å². The number of rotatable bonds is 2. The molecule has 1 heterocycles. The standard InChI is InChI=1S/C14H12BrClFNS/c1-7-4-9(15)10(17)6-12(7)18-11-2-3-13-8(11)5-14(16)19-13/h4-6,11,18H,2-3H2,1H3. The Hall–Kier alpha value is -0.580. The molecular weight excluding hydrogens is 349 g/mol. The lowest BCUT2D eigenvalue weighted by Gasteiger charge is -2.17. The fourth-order valence-electron chi connectivity index (χ4n) is 2.47. The number of nitrogens with one attached hydrogen (secondary N) is 1. The van der Waals surface area contributed by atoms with Gasteiger partial charge in [-0.25, -0.2) is 4.39 Å². The van der Waals surface area contributed by atoms with Gasteiger partial charge in [0, 0.05) is 10.6 Å². The van der Waals surface area contributed by atoms with Crippen molar-refractivity contribution in [1.82, 2.24) is 0 Å². The van der Waals surface area contributed by atoms with E-state index < -0.39 is 0 Å². The van der Waals surface area contributed by atoms with Gasteiger partial charge in [-0.2, -0.15) is 0 Å². The largest absolute Gasteiger partial charge is 0.378 e. The minimum Gasteiger partial charge on any atom is -0.378 e. The van der Waals surface area contributed by atoms with Crippen LogP contribution >= 0.6 is 38.9 Å². The van der Waals surface area contributed by atoms with E-state index in [1.807, 2.05) is 13.0 Å². The van der Waals surface area contributed by atoms with Gasteiger partial charge in [0.15, 0.2) is 0 Å². The lowest BCUT2D eigenvalue weighted by molar-refractivity contribution is 0.620. The van der Waals surface area contributed by atoms with E-state index in [1.165, 1.54) is 10.4 Å². The van der Waals surface area contributed by atoms with E-state index in [2.05, 4.69) is 21.2 Å². The van der Waals surface area contributed by atoms with Crippen LogP contribution in [0.1, 0.15) is 28.5 Å². The van der Waals surface area contributed by atoms with Crippen molar-refractivity contribution in [3.63, 3.8) is 0 Å². The molecule has 1 N–H and O–H groups in total.